The van der Waals surface area contributed by atoms with Gasteiger partial charge in [0.2, 0.25) is 5.91 Å². The number of hydrogen-bond donors (Lipinski definition) is 1. The van der Waals surface area contributed by atoms with Gasteiger partial charge in [0.1, 0.15) is 0 Å². The zero-order chi connectivity index (χ0) is 19.4. The van der Waals surface area contributed by atoms with Gasteiger partial charge in [-0.25, -0.2) is 0 Å². The summed E-state index contributed by atoms with van der Waals surface area (Å²) in [6.45, 7) is 4.01. The molecule has 0 unspecified atom stereocenters. The van der Waals surface area contributed by atoms with Crippen LogP contribution >= 0.6 is 0 Å². The van der Waals surface area contributed by atoms with E-state index in [0.717, 1.165) is 11.1 Å². The number of aromatic nitrogens is 1. The summed E-state index contributed by atoms with van der Waals surface area (Å²) in [5, 5.41) is 0. The number of carbonyl (C=O) groups is 2. The Morgan fingerprint density at radius 1 is 1.04 bits per heavy atom. The van der Waals surface area contributed by atoms with Crippen LogP contribution in [0.25, 0.3) is 0 Å². The van der Waals surface area contributed by atoms with Crippen LogP contribution in [0.2, 0.25) is 0 Å². The summed E-state index contributed by atoms with van der Waals surface area (Å²) in [5.74, 6) is 1.17. The number of hydrogen-bond acceptors (Lipinski definition) is 4. The Bertz CT molecular complexity index is 809. The van der Waals surface area contributed by atoms with Gasteiger partial charge < -0.3 is 24.3 Å². The Morgan fingerprint density at radius 3 is 2.26 bits per heavy atom. The number of methoxy groups -OCH3 is 2. The molecule has 0 spiro atoms. The highest BCUT2D eigenvalue weighted by atomic mass is 16.5. The molecule has 1 aliphatic heterocycles. The SMILES string of the molecule is COc1cc(C)c(C(=O)N2CCN(C(=O)Cc3cc[nH]c3)CC2)cc1OC. The fourth-order valence-electron chi connectivity index (χ4n) is 3.30. The van der Waals surface area contributed by atoms with Gasteiger partial charge in [0.05, 0.1) is 20.6 Å². The molecule has 0 bridgehead atoms. The van der Waals surface area contributed by atoms with E-state index in [1.54, 1.807) is 25.2 Å². The maximum Gasteiger partial charge on any atom is 0.254 e. The molecule has 0 radical (unpaired) electrons. The summed E-state index contributed by atoms with van der Waals surface area (Å²) in [6.07, 6.45) is 4.02. The lowest BCUT2D eigenvalue weighted by atomic mass is 10.1. The monoisotopic (exact) mass is 371 g/mol. The quantitative estimate of drug-likeness (QED) is 0.871. The molecule has 1 saturated heterocycles. The number of piperazine rings is 1. The Balaban J connectivity index is 1.64. The summed E-state index contributed by atoms with van der Waals surface area (Å²) in [5.41, 5.74) is 2.41. The van der Waals surface area contributed by atoms with Crippen molar-refractivity contribution in [2.75, 3.05) is 40.4 Å². The van der Waals surface area contributed by atoms with E-state index < -0.39 is 0 Å². The van der Waals surface area contributed by atoms with Gasteiger partial charge >= 0.3 is 0 Å². The number of nitrogens with zero attached hydrogens (tertiary/aromatic N) is 2. The second-order valence-corrected chi connectivity index (χ2v) is 6.59. The van der Waals surface area contributed by atoms with Crippen LogP contribution in [0.1, 0.15) is 21.5 Å². The van der Waals surface area contributed by atoms with Crippen LogP contribution in [0.3, 0.4) is 0 Å². The number of carbonyl (C=O) groups excluding carboxylic acids is 2. The number of amides is 2. The molecule has 2 amide bonds. The van der Waals surface area contributed by atoms with Crippen molar-refractivity contribution in [1.29, 1.82) is 0 Å². The molecule has 0 atom stereocenters. The molecule has 144 valence electrons. The molecule has 7 nitrogen and oxygen atoms in total. The standard InChI is InChI=1S/C20H25N3O4/c1-14-10-17(26-2)18(27-3)12-16(14)20(25)23-8-6-22(7-9-23)19(24)11-15-4-5-21-13-15/h4-5,10,12-13,21H,6-9,11H2,1-3H3. The third-order valence-electron chi connectivity index (χ3n) is 4.90. The van der Waals surface area contributed by atoms with Crippen LogP contribution in [-0.4, -0.2) is 67.0 Å². The summed E-state index contributed by atoms with van der Waals surface area (Å²) in [6, 6.07) is 5.43. The highest BCUT2D eigenvalue weighted by Gasteiger charge is 2.26. The van der Waals surface area contributed by atoms with Crippen molar-refractivity contribution >= 4 is 11.8 Å². The Labute approximate surface area is 158 Å². The second-order valence-electron chi connectivity index (χ2n) is 6.59. The zero-order valence-corrected chi connectivity index (χ0v) is 15.9. The van der Waals surface area contributed by atoms with E-state index in [-0.39, 0.29) is 11.8 Å². The van der Waals surface area contributed by atoms with E-state index in [2.05, 4.69) is 4.98 Å². The van der Waals surface area contributed by atoms with E-state index in [4.69, 9.17) is 9.47 Å². The van der Waals surface area contributed by atoms with Crippen LogP contribution in [0, 0.1) is 6.92 Å². The molecule has 27 heavy (non-hydrogen) atoms. The van der Waals surface area contributed by atoms with Crippen molar-refractivity contribution in [2.45, 2.75) is 13.3 Å². The van der Waals surface area contributed by atoms with E-state index in [0.29, 0.717) is 49.7 Å². The maximum absolute atomic E-state index is 12.9. The molecule has 2 aromatic rings. The number of H-pyrrole nitrogens is 1. The Kier molecular flexibility index (Phi) is 5.69. The van der Waals surface area contributed by atoms with Gasteiger partial charge in [0.25, 0.3) is 5.91 Å². The molecule has 1 aliphatic rings. The molecule has 0 saturated carbocycles. The third-order valence-corrected chi connectivity index (χ3v) is 4.90. The lowest BCUT2D eigenvalue weighted by Crippen LogP contribution is -2.51. The largest absolute Gasteiger partial charge is 0.493 e. The van der Waals surface area contributed by atoms with Crippen molar-refractivity contribution in [3.8, 4) is 11.5 Å². The van der Waals surface area contributed by atoms with Crippen LogP contribution in [0.4, 0.5) is 0 Å². The van der Waals surface area contributed by atoms with Gasteiger partial charge in [0.15, 0.2) is 11.5 Å². The van der Waals surface area contributed by atoms with Gasteiger partial charge in [-0.3, -0.25) is 9.59 Å². The number of aryl methyl sites for hydroxylation is 1. The van der Waals surface area contributed by atoms with E-state index in [9.17, 15) is 9.59 Å². The first-order chi connectivity index (χ1) is 13.0. The average molecular weight is 371 g/mol. The molecule has 0 aliphatic carbocycles. The normalized spacial score (nSPS) is 14.2. The first kappa shape index (κ1) is 18.8. The molecule has 1 aromatic heterocycles. The Morgan fingerprint density at radius 2 is 1.67 bits per heavy atom. The van der Waals surface area contributed by atoms with Gasteiger partial charge in [-0.1, -0.05) is 0 Å². The van der Waals surface area contributed by atoms with Crippen molar-refractivity contribution < 1.29 is 19.1 Å². The number of nitrogens with one attached hydrogen (secondary N) is 1. The average Bonchev–Trinajstić information content (AvgIpc) is 3.20. The minimum atomic E-state index is -0.0498. The smallest absolute Gasteiger partial charge is 0.254 e. The van der Waals surface area contributed by atoms with Crippen molar-refractivity contribution in [3.63, 3.8) is 0 Å². The molecular formula is C20H25N3O4. The van der Waals surface area contributed by atoms with E-state index in [1.807, 2.05) is 36.4 Å². The lowest BCUT2D eigenvalue weighted by Gasteiger charge is -2.35. The number of ether oxygens (including phenoxy) is 2. The van der Waals surface area contributed by atoms with Crippen LogP contribution in [-0.2, 0) is 11.2 Å². The first-order valence-corrected chi connectivity index (χ1v) is 8.94. The molecule has 1 fully saturated rings. The third kappa shape index (κ3) is 4.07. The summed E-state index contributed by atoms with van der Waals surface area (Å²) < 4.78 is 10.6. The molecule has 1 N–H and O–H groups in total. The first-order valence-electron chi connectivity index (χ1n) is 8.94. The van der Waals surface area contributed by atoms with Gasteiger partial charge in [-0.15, -0.1) is 0 Å². The molecule has 3 rings (SSSR count). The fraction of sp³-hybridized carbons (Fsp3) is 0.400. The molecule has 1 aromatic carbocycles. The van der Waals surface area contributed by atoms with Crippen molar-refractivity contribution in [1.82, 2.24) is 14.8 Å². The summed E-state index contributed by atoms with van der Waals surface area (Å²) >= 11 is 0. The summed E-state index contributed by atoms with van der Waals surface area (Å²) in [7, 11) is 3.12. The second kappa shape index (κ2) is 8.16. The zero-order valence-electron chi connectivity index (χ0n) is 15.9. The number of aromatic amines is 1. The predicted octanol–water partition coefficient (Wildman–Crippen LogP) is 1.87. The lowest BCUT2D eigenvalue weighted by molar-refractivity contribution is -0.131. The molecular weight excluding hydrogens is 346 g/mol. The Hall–Kier alpha value is -2.96. The minimum absolute atomic E-state index is 0.0498. The topological polar surface area (TPSA) is 74.9 Å². The van der Waals surface area contributed by atoms with E-state index >= 15 is 0 Å². The van der Waals surface area contributed by atoms with Crippen LogP contribution in [0.15, 0.2) is 30.6 Å². The van der Waals surface area contributed by atoms with Gasteiger partial charge in [-0.05, 0) is 36.2 Å². The fourth-order valence-corrected chi connectivity index (χ4v) is 3.30. The maximum atomic E-state index is 12.9. The van der Waals surface area contributed by atoms with Crippen molar-refractivity contribution in [2.24, 2.45) is 0 Å². The summed E-state index contributed by atoms with van der Waals surface area (Å²) in [4.78, 5) is 31.9. The van der Waals surface area contributed by atoms with Crippen LogP contribution in [0.5, 0.6) is 11.5 Å². The highest BCUT2D eigenvalue weighted by Crippen LogP contribution is 2.31. The van der Waals surface area contributed by atoms with Crippen LogP contribution < -0.4 is 9.47 Å². The van der Waals surface area contributed by atoms with Gasteiger partial charge in [0, 0.05) is 44.1 Å². The highest BCUT2D eigenvalue weighted by molar-refractivity contribution is 5.96. The molecule has 2 heterocycles. The number of benzene rings is 1. The number of rotatable bonds is 5. The molecule has 7 heteroatoms. The van der Waals surface area contributed by atoms with Gasteiger partial charge in [-0.2, -0.15) is 0 Å². The minimum Gasteiger partial charge on any atom is -0.493 e. The predicted molar refractivity (Wildman–Crippen MR) is 101 cm³/mol. The van der Waals surface area contributed by atoms with Crippen molar-refractivity contribution in [3.05, 3.63) is 47.3 Å². The van der Waals surface area contributed by atoms with E-state index in [1.165, 1.54) is 0 Å².